The number of nitrogens with one attached hydrogen (secondary N) is 4. The lowest BCUT2D eigenvalue weighted by Crippen LogP contribution is -2.58. The molecule has 1 aliphatic heterocycles. The lowest BCUT2D eigenvalue weighted by Gasteiger charge is -2.29. The van der Waals surface area contributed by atoms with Crippen molar-refractivity contribution in [1.29, 1.82) is 0 Å². The number of hydrogen-bond acceptors (Lipinski definition) is 6. The topological polar surface area (TPSA) is 216 Å². The Balaban J connectivity index is 1.37. The molecule has 5 rings (SSSR count). The van der Waals surface area contributed by atoms with Gasteiger partial charge in [0, 0.05) is 53.6 Å². The molecule has 0 saturated carbocycles. The fourth-order valence-corrected chi connectivity index (χ4v) is 5.94. The van der Waals surface area contributed by atoms with Crippen LogP contribution in [0.15, 0.2) is 60.9 Å². The molecule has 1 aliphatic rings. The summed E-state index contributed by atoms with van der Waals surface area (Å²) in [6.45, 7) is 0.205. The highest BCUT2D eigenvalue weighted by Gasteiger charge is 2.38. The van der Waals surface area contributed by atoms with Crippen LogP contribution in [0.4, 0.5) is 0 Å². The van der Waals surface area contributed by atoms with Crippen LogP contribution in [-0.2, 0) is 36.8 Å². The third-order valence-corrected chi connectivity index (χ3v) is 8.30. The van der Waals surface area contributed by atoms with E-state index < -0.39 is 53.8 Å². The highest BCUT2D eigenvalue weighted by atomic mass is 16.4. The van der Waals surface area contributed by atoms with Gasteiger partial charge in [-0.1, -0.05) is 36.4 Å². The zero-order chi connectivity index (χ0) is 32.1. The van der Waals surface area contributed by atoms with Crippen LogP contribution >= 0.6 is 0 Å². The molecule has 4 aromatic rings. The number of likely N-dealkylation sites (tertiary alicyclic amines) is 1. The summed E-state index contributed by atoms with van der Waals surface area (Å²) in [5.74, 6) is -3.69. The average molecular weight is 616 g/mol. The first kappa shape index (κ1) is 31.3. The number of carbonyl (C=O) groups excluding carboxylic acids is 4. The van der Waals surface area contributed by atoms with Crippen LogP contribution in [-0.4, -0.2) is 80.3 Å². The van der Waals surface area contributed by atoms with E-state index in [0.29, 0.717) is 6.42 Å². The van der Waals surface area contributed by atoms with E-state index in [9.17, 15) is 29.1 Å². The predicted octanol–water partition coefficient (Wildman–Crippen LogP) is 1.07. The Morgan fingerprint density at radius 3 is 2.04 bits per heavy atom. The molecule has 0 aliphatic carbocycles. The van der Waals surface area contributed by atoms with E-state index in [1.807, 2.05) is 48.5 Å². The summed E-state index contributed by atoms with van der Waals surface area (Å²) in [7, 11) is 0. The Morgan fingerprint density at radius 2 is 1.44 bits per heavy atom. The molecule has 4 atom stereocenters. The summed E-state index contributed by atoms with van der Waals surface area (Å²) in [6, 6.07) is 10.7. The van der Waals surface area contributed by atoms with Gasteiger partial charge in [0.15, 0.2) is 0 Å². The molecule has 4 unspecified atom stereocenters. The maximum atomic E-state index is 13.9. The van der Waals surface area contributed by atoms with E-state index in [2.05, 4.69) is 20.6 Å². The molecule has 2 aromatic carbocycles. The summed E-state index contributed by atoms with van der Waals surface area (Å²) < 4.78 is 0. The summed E-state index contributed by atoms with van der Waals surface area (Å²) in [5.41, 5.74) is 15.0. The van der Waals surface area contributed by atoms with E-state index >= 15 is 0 Å². The fourth-order valence-electron chi connectivity index (χ4n) is 5.94. The van der Waals surface area contributed by atoms with Crippen LogP contribution in [0.25, 0.3) is 21.8 Å². The van der Waals surface area contributed by atoms with Gasteiger partial charge < -0.3 is 42.1 Å². The third kappa shape index (κ3) is 7.15. The number of aromatic nitrogens is 2. The van der Waals surface area contributed by atoms with Gasteiger partial charge in [-0.15, -0.1) is 0 Å². The van der Waals surface area contributed by atoms with Crippen LogP contribution in [0.1, 0.15) is 36.8 Å². The second-order valence-corrected chi connectivity index (χ2v) is 11.4. The van der Waals surface area contributed by atoms with Gasteiger partial charge in [0.05, 0.1) is 6.04 Å². The largest absolute Gasteiger partial charge is 0.480 e. The van der Waals surface area contributed by atoms with E-state index in [4.69, 9.17) is 11.5 Å². The molecule has 0 bridgehead atoms. The third-order valence-electron chi connectivity index (χ3n) is 8.30. The number of rotatable bonds is 13. The van der Waals surface area contributed by atoms with E-state index in [1.54, 1.807) is 12.4 Å². The molecule has 9 N–H and O–H groups in total. The van der Waals surface area contributed by atoms with Crippen LogP contribution in [0.5, 0.6) is 0 Å². The minimum Gasteiger partial charge on any atom is -0.480 e. The Hall–Kier alpha value is -5.17. The zero-order valence-corrected chi connectivity index (χ0v) is 24.6. The predicted molar refractivity (Wildman–Crippen MR) is 167 cm³/mol. The molecule has 0 radical (unpaired) electrons. The Labute approximate surface area is 258 Å². The van der Waals surface area contributed by atoms with Crippen molar-refractivity contribution < 1.29 is 29.1 Å². The summed E-state index contributed by atoms with van der Waals surface area (Å²) in [5, 5.41) is 16.9. The van der Waals surface area contributed by atoms with Gasteiger partial charge in [0.1, 0.15) is 18.1 Å². The van der Waals surface area contributed by atoms with E-state index in [1.165, 1.54) is 4.90 Å². The highest BCUT2D eigenvalue weighted by Crippen LogP contribution is 2.22. The van der Waals surface area contributed by atoms with Crippen molar-refractivity contribution in [3.05, 3.63) is 72.1 Å². The molecule has 13 heteroatoms. The van der Waals surface area contributed by atoms with Crippen LogP contribution in [0.3, 0.4) is 0 Å². The van der Waals surface area contributed by atoms with Crippen molar-refractivity contribution >= 4 is 51.4 Å². The van der Waals surface area contributed by atoms with Crippen molar-refractivity contribution in [2.24, 2.45) is 11.5 Å². The lowest BCUT2D eigenvalue weighted by atomic mass is 10.0. The number of primary amides is 1. The van der Waals surface area contributed by atoms with E-state index in [-0.39, 0.29) is 38.6 Å². The Morgan fingerprint density at radius 1 is 0.867 bits per heavy atom. The Bertz CT molecular complexity index is 1730. The second kappa shape index (κ2) is 13.6. The highest BCUT2D eigenvalue weighted by molar-refractivity contribution is 5.95. The van der Waals surface area contributed by atoms with Crippen molar-refractivity contribution in [3.63, 3.8) is 0 Å². The zero-order valence-electron chi connectivity index (χ0n) is 24.6. The van der Waals surface area contributed by atoms with E-state index in [0.717, 1.165) is 32.9 Å². The maximum absolute atomic E-state index is 13.9. The lowest BCUT2D eigenvalue weighted by molar-refractivity contribution is -0.149. The van der Waals surface area contributed by atoms with Gasteiger partial charge in [-0.3, -0.25) is 19.2 Å². The Kier molecular flexibility index (Phi) is 9.48. The molecule has 13 nitrogen and oxygen atoms in total. The molecular weight excluding hydrogens is 578 g/mol. The number of carboxylic acid groups (broad SMARTS) is 1. The fraction of sp³-hybridized carbons (Fsp3) is 0.344. The van der Waals surface area contributed by atoms with Crippen LogP contribution in [0, 0.1) is 0 Å². The first-order chi connectivity index (χ1) is 21.6. The molecule has 1 fully saturated rings. The summed E-state index contributed by atoms with van der Waals surface area (Å²) in [6.07, 6.45) is 4.26. The summed E-state index contributed by atoms with van der Waals surface area (Å²) in [4.78, 5) is 71.7. The van der Waals surface area contributed by atoms with Gasteiger partial charge in [-0.25, -0.2) is 4.79 Å². The second-order valence-electron chi connectivity index (χ2n) is 11.4. The van der Waals surface area contributed by atoms with Crippen molar-refractivity contribution in [1.82, 2.24) is 25.5 Å². The number of benzene rings is 2. The van der Waals surface area contributed by atoms with Crippen molar-refractivity contribution in [2.75, 3.05) is 6.54 Å². The number of hydrogen-bond donors (Lipinski definition) is 7. The van der Waals surface area contributed by atoms with Crippen molar-refractivity contribution in [3.8, 4) is 0 Å². The number of para-hydroxylation sites is 2. The number of nitrogens with zero attached hydrogens (tertiary/aromatic N) is 1. The molecular formula is C32H37N7O6. The minimum atomic E-state index is -1.23. The number of carboxylic acids is 1. The molecule has 4 amide bonds. The molecule has 2 aromatic heterocycles. The molecule has 1 saturated heterocycles. The molecule has 3 heterocycles. The number of nitrogens with two attached hydrogens (primary N) is 2. The standard InChI is InChI=1S/C32H37N7O6/c33-22(14-18-16-35-23-8-3-1-6-20(18)23)29(41)38-26(15-19-17-36-24-9-4-2-7-21(19)24)30(42)37-25(11-12-28(34)40)31(43)39-13-5-10-27(39)32(44)45/h1-4,6-9,16-17,22,25-27,35-36H,5,10-15,33H2,(H2,34,40)(H,37,42)(H,38,41)(H,44,45). The number of aromatic amines is 2. The smallest absolute Gasteiger partial charge is 0.326 e. The van der Waals surface area contributed by atoms with Gasteiger partial charge in [-0.2, -0.15) is 0 Å². The SMILES string of the molecule is NC(=O)CCC(NC(=O)C(Cc1c[nH]c2ccccc12)NC(=O)C(N)Cc1c[nH]c2ccccc12)C(=O)N1CCCC1C(=O)O. The first-order valence-electron chi connectivity index (χ1n) is 14.9. The molecule has 236 valence electrons. The van der Waals surface area contributed by atoms with Gasteiger partial charge in [0.25, 0.3) is 0 Å². The normalized spacial score (nSPS) is 16.7. The molecule has 0 spiro atoms. The summed E-state index contributed by atoms with van der Waals surface area (Å²) >= 11 is 0. The first-order valence-corrected chi connectivity index (χ1v) is 14.9. The monoisotopic (exact) mass is 615 g/mol. The van der Waals surface area contributed by atoms with Gasteiger partial charge in [-0.05, 0) is 48.9 Å². The van der Waals surface area contributed by atoms with Gasteiger partial charge >= 0.3 is 5.97 Å². The molecule has 45 heavy (non-hydrogen) atoms. The number of carbonyl (C=O) groups is 5. The quantitative estimate of drug-likeness (QED) is 0.116. The van der Waals surface area contributed by atoms with Crippen molar-refractivity contribution in [2.45, 2.75) is 62.7 Å². The number of amides is 4. The number of fused-ring (bicyclic) bond motifs is 2. The maximum Gasteiger partial charge on any atom is 0.326 e. The average Bonchev–Trinajstić information content (AvgIpc) is 3.77. The minimum absolute atomic E-state index is 0.0690. The van der Waals surface area contributed by atoms with Crippen LogP contribution < -0.4 is 22.1 Å². The number of H-pyrrole nitrogens is 2. The van der Waals surface area contributed by atoms with Gasteiger partial charge in [0.2, 0.25) is 23.6 Å². The number of aliphatic carboxylic acids is 1. The van der Waals surface area contributed by atoms with Crippen LogP contribution in [0.2, 0.25) is 0 Å².